The van der Waals surface area contributed by atoms with E-state index >= 15 is 0 Å². The maximum Gasteiger partial charge on any atom is 0.0369 e. The van der Waals surface area contributed by atoms with E-state index in [0.29, 0.717) is 0 Å². The van der Waals surface area contributed by atoms with Gasteiger partial charge in [-0.25, -0.2) is 0 Å². The zero-order valence-electron chi connectivity index (χ0n) is 10.3. The van der Waals surface area contributed by atoms with Crippen LogP contribution in [0.5, 0.6) is 0 Å². The van der Waals surface area contributed by atoms with Gasteiger partial charge in [-0.2, -0.15) is 0 Å². The van der Waals surface area contributed by atoms with Crippen LogP contribution in [0.1, 0.15) is 18.1 Å². The number of rotatable bonds is 5. The van der Waals surface area contributed by atoms with Crippen molar-refractivity contribution in [1.82, 2.24) is 5.32 Å². The largest absolute Gasteiger partial charge is 0.373 e. The van der Waals surface area contributed by atoms with Gasteiger partial charge in [0.15, 0.2) is 0 Å². The van der Waals surface area contributed by atoms with Gasteiger partial charge in [0.25, 0.3) is 0 Å². The van der Waals surface area contributed by atoms with Crippen molar-refractivity contribution in [2.75, 3.05) is 31.6 Å². The van der Waals surface area contributed by atoms with Crippen LogP contribution in [0.25, 0.3) is 0 Å². The Labute approximate surface area is 93.3 Å². The second-order valence-electron chi connectivity index (χ2n) is 4.12. The minimum atomic E-state index is 1.04. The van der Waals surface area contributed by atoms with Crippen LogP contribution >= 0.6 is 0 Å². The highest BCUT2D eigenvalue weighted by Gasteiger charge is 2.01. The predicted octanol–water partition coefficient (Wildman–Crippen LogP) is 2.35. The van der Waals surface area contributed by atoms with E-state index in [2.05, 4.69) is 56.2 Å². The molecule has 0 saturated carbocycles. The fourth-order valence-corrected chi connectivity index (χ4v) is 1.72. The van der Waals surface area contributed by atoms with E-state index in [4.69, 9.17) is 0 Å². The van der Waals surface area contributed by atoms with Crippen LogP contribution in [0.2, 0.25) is 0 Å². The minimum absolute atomic E-state index is 1.04. The smallest absolute Gasteiger partial charge is 0.0369 e. The Morgan fingerprint density at radius 3 is 2.27 bits per heavy atom. The standard InChI is InChI=1S/C13H22N2/c1-5-14-6-7-15(4)13-9-11(2)8-12(3)10-13/h8-10,14H,5-7H2,1-4H3. The molecule has 1 aromatic carbocycles. The Morgan fingerprint density at radius 1 is 1.13 bits per heavy atom. The molecule has 0 fully saturated rings. The van der Waals surface area contributed by atoms with Crippen molar-refractivity contribution < 1.29 is 0 Å². The molecule has 0 atom stereocenters. The molecule has 15 heavy (non-hydrogen) atoms. The average molecular weight is 206 g/mol. The topological polar surface area (TPSA) is 15.3 Å². The summed E-state index contributed by atoms with van der Waals surface area (Å²) in [5.74, 6) is 0. The summed E-state index contributed by atoms with van der Waals surface area (Å²) < 4.78 is 0. The van der Waals surface area contributed by atoms with Crippen molar-refractivity contribution in [3.63, 3.8) is 0 Å². The summed E-state index contributed by atoms with van der Waals surface area (Å²) >= 11 is 0. The fourth-order valence-electron chi connectivity index (χ4n) is 1.72. The van der Waals surface area contributed by atoms with E-state index in [9.17, 15) is 0 Å². The van der Waals surface area contributed by atoms with Gasteiger partial charge < -0.3 is 10.2 Å². The first-order valence-corrected chi connectivity index (χ1v) is 5.63. The molecule has 84 valence electrons. The second kappa shape index (κ2) is 5.76. The van der Waals surface area contributed by atoms with Gasteiger partial charge in [-0.05, 0) is 43.7 Å². The minimum Gasteiger partial charge on any atom is -0.373 e. The lowest BCUT2D eigenvalue weighted by molar-refractivity contribution is 0.706. The van der Waals surface area contributed by atoms with E-state index in [1.807, 2.05) is 0 Å². The second-order valence-corrected chi connectivity index (χ2v) is 4.12. The highest BCUT2D eigenvalue weighted by atomic mass is 15.1. The van der Waals surface area contributed by atoms with E-state index in [1.54, 1.807) is 0 Å². The molecule has 1 aromatic rings. The third kappa shape index (κ3) is 3.92. The molecule has 0 unspecified atom stereocenters. The zero-order chi connectivity index (χ0) is 11.3. The lowest BCUT2D eigenvalue weighted by atomic mass is 10.1. The number of nitrogens with one attached hydrogen (secondary N) is 1. The van der Waals surface area contributed by atoms with Crippen LogP contribution in [0.15, 0.2) is 18.2 Å². The first-order valence-electron chi connectivity index (χ1n) is 5.63. The molecular weight excluding hydrogens is 184 g/mol. The van der Waals surface area contributed by atoms with Crippen molar-refractivity contribution >= 4 is 5.69 Å². The molecule has 2 nitrogen and oxygen atoms in total. The third-order valence-electron chi connectivity index (χ3n) is 2.52. The number of aryl methyl sites for hydroxylation is 2. The van der Waals surface area contributed by atoms with Gasteiger partial charge in [0.2, 0.25) is 0 Å². The summed E-state index contributed by atoms with van der Waals surface area (Å²) in [6.45, 7) is 9.57. The number of hydrogen-bond acceptors (Lipinski definition) is 2. The van der Waals surface area contributed by atoms with Gasteiger partial charge in [0, 0.05) is 25.8 Å². The van der Waals surface area contributed by atoms with Crippen LogP contribution in [0.4, 0.5) is 5.69 Å². The number of nitrogens with zero attached hydrogens (tertiary/aromatic N) is 1. The first-order chi connectivity index (χ1) is 7.13. The SMILES string of the molecule is CCNCCN(C)c1cc(C)cc(C)c1. The average Bonchev–Trinajstić information content (AvgIpc) is 2.16. The molecule has 0 radical (unpaired) electrons. The molecule has 2 heteroatoms. The Kier molecular flexibility index (Phi) is 4.63. The first kappa shape index (κ1) is 12.1. The Balaban J connectivity index is 2.60. The van der Waals surface area contributed by atoms with Gasteiger partial charge in [-0.15, -0.1) is 0 Å². The lowest BCUT2D eigenvalue weighted by Crippen LogP contribution is -2.28. The Morgan fingerprint density at radius 2 is 1.73 bits per heavy atom. The molecule has 1 rings (SSSR count). The maximum atomic E-state index is 3.34. The van der Waals surface area contributed by atoms with Crippen LogP contribution in [-0.4, -0.2) is 26.7 Å². The molecule has 0 bridgehead atoms. The van der Waals surface area contributed by atoms with E-state index in [1.165, 1.54) is 16.8 Å². The van der Waals surface area contributed by atoms with E-state index in [0.717, 1.165) is 19.6 Å². The molecule has 0 aliphatic rings. The van der Waals surface area contributed by atoms with E-state index < -0.39 is 0 Å². The Hall–Kier alpha value is -1.02. The highest BCUT2D eigenvalue weighted by molar-refractivity contribution is 5.50. The van der Waals surface area contributed by atoms with Crippen LogP contribution in [0, 0.1) is 13.8 Å². The third-order valence-corrected chi connectivity index (χ3v) is 2.52. The van der Waals surface area contributed by atoms with Gasteiger partial charge >= 0.3 is 0 Å². The molecule has 0 aromatic heterocycles. The number of hydrogen-bond donors (Lipinski definition) is 1. The number of likely N-dealkylation sites (N-methyl/N-ethyl adjacent to an activating group) is 2. The van der Waals surface area contributed by atoms with Gasteiger partial charge in [-0.1, -0.05) is 13.0 Å². The van der Waals surface area contributed by atoms with Crippen molar-refractivity contribution in [2.45, 2.75) is 20.8 Å². The van der Waals surface area contributed by atoms with E-state index in [-0.39, 0.29) is 0 Å². The molecule has 0 heterocycles. The molecule has 0 aliphatic carbocycles. The zero-order valence-corrected chi connectivity index (χ0v) is 10.3. The number of anilines is 1. The quantitative estimate of drug-likeness (QED) is 0.744. The summed E-state index contributed by atoms with van der Waals surface area (Å²) in [6, 6.07) is 6.68. The molecule has 0 amide bonds. The summed E-state index contributed by atoms with van der Waals surface area (Å²) in [4.78, 5) is 2.29. The monoisotopic (exact) mass is 206 g/mol. The molecule has 0 spiro atoms. The molecule has 1 N–H and O–H groups in total. The summed E-state index contributed by atoms with van der Waals surface area (Å²) in [7, 11) is 2.14. The predicted molar refractivity (Wildman–Crippen MR) is 67.7 cm³/mol. The van der Waals surface area contributed by atoms with Crippen LogP contribution in [0.3, 0.4) is 0 Å². The summed E-state index contributed by atoms with van der Waals surface area (Å²) in [6.07, 6.45) is 0. The van der Waals surface area contributed by atoms with Crippen molar-refractivity contribution in [3.05, 3.63) is 29.3 Å². The highest BCUT2D eigenvalue weighted by Crippen LogP contribution is 2.16. The maximum absolute atomic E-state index is 3.34. The Bertz CT molecular complexity index is 287. The summed E-state index contributed by atoms with van der Waals surface area (Å²) in [5.41, 5.74) is 3.98. The van der Waals surface area contributed by atoms with Crippen molar-refractivity contribution in [3.8, 4) is 0 Å². The molecular formula is C13H22N2. The lowest BCUT2D eigenvalue weighted by Gasteiger charge is -2.20. The van der Waals surface area contributed by atoms with Crippen molar-refractivity contribution in [2.24, 2.45) is 0 Å². The van der Waals surface area contributed by atoms with Crippen LogP contribution in [-0.2, 0) is 0 Å². The fraction of sp³-hybridized carbons (Fsp3) is 0.538. The normalized spacial score (nSPS) is 10.4. The summed E-state index contributed by atoms with van der Waals surface area (Å²) in [5, 5.41) is 3.34. The van der Waals surface area contributed by atoms with Crippen molar-refractivity contribution in [1.29, 1.82) is 0 Å². The van der Waals surface area contributed by atoms with Gasteiger partial charge in [0.05, 0.1) is 0 Å². The van der Waals surface area contributed by atoms with Gasteiger partial charge in [-0.3, -0.25) is 0 Å². The molecule has 0 aliphatic heterocycles. The van der Waals surface area contributed by atoms with Gasteiger partial charge in [0.1, 0.15) is 0 Å². The number of benzene rings is 1. The molecule has 0 saturated heterocycles. The van der Waals surface area contributed by atoms with Crippen LogP contribution < -0.4 is 10.2 Å².